The molecule has 0 aliphatic rings. The first-order valence-electron chi connectivity index (χ1n) is 19.6. The highest BCUT2D eigenvalue weighted by molar-refractivity contribution is 6.02. The number of fused-ring (bicyclic) bond motifs is 1. The molecule has 1 aromatic carbocycles. The minimum absolute atomic E-state index is 0.0887. The van der Waals surface area contributed by atoms with Crippen molar-refractivity contribution >= 4 is 46.7 Å². The van der Waals surface area contributed by atoms with Crippen LogP contribution in [0.2, 0.25) is 0 Å². The number of ketones is 1. The average molecular weight is 781 g/mol. The molecule has 0 saturated carbocycles. The molecule has 0 bridgehead atoms. The Kier molecular flexibility index (Phi) is 17.1. The number of carbonyl (C=O) groups is 3. The Labute approximate surface area is 333 Å². The highest BCUT2D eigenvalue weighted by Crippen LogP contribution is 2.45. The van der Waals surface area contributed by atoms with Crippen LogP contribution < -0.4 is 44.2 Å². The first-order valence-corrected chi connectivity index (χ1v) is 19.6. The maximum atomic E-state index is 13.9. The van der Waals surface area contributed by atoms with Gasteiger partial charge in [0.05, 0.1) is 12.1 Å². The van der Waals surface area contributed by atoms with Gasteiger partial charge in [-0.2, -0.15) is 0 Å². The van der Waals surface area contributed by atoms with Crippen molar-refractivity contribution < 1.29 is 19.2 Å². The van der Waals surface area contributed by atoms with E-state index in [9.17, 15) is 19.2 Å². The summed E-state index contributed by atoms with van der Waals surface area (Å²) in [7, 11) is 0. The Morgan fingerprint density at radius 1 is 0.821 bits per heavy atom. The molecular formula is C41H70N11O4. The van der Waals surface area contributed by atoms with Crippen molar-refractivity contribution in [2.24, 2.45) is 45.1 Å². The van der Waals surface area contributed by atoms with E-state index in [1.807, 2.05) is 59.9 Å². The molecule has 0 aliphatic heterocycles. The van der Waals surface area contributed by atoms with Crippen LogP contribution in [0.1, 0.15) is 112 Å². The van der Waals surface area contributed by atoms with Crippen molar-refractivity contribution in [2.75, 3.05) is 19.6 Å². The smallest absolute Gasteiger partial charge is 0.242 e. The number of hydrogen-bond acceptors (Lipinski definition) is 8. The van der Waals surface area contributed by atoms with Crippen LogP contribution in [0.3, 0.4) is 0 Å². The van der Waals surface area contributed by atoms with Gasteiger partial charge in [-0.1, -0.05) is 80.5 Å². The number of aromatic nitrogens is 1. The highest BCUT2D eigenvalue weighted by Gasteiger charge is 2.51. The van der Waals surface area contributed by atoms with Crippen LogP contribution in [0.15, 0.2) is 24.4 Å². The van der Waals surface area contributed by atoms with E-state index in [0.29, 0.717) is 38.8 Å². The lowest BCUT2D eigenvalue weighted by molar-refractivity contribution is -0.132. The predicted octanol–water partition coefficient (Wildman–Crippen LogP) is 2.94. The molecule has 15 heteroatoms. The topological polar surface area (TPSA) is 284 Å². The van der Waals surface area contributed by atoms with Gasteiger partial charge in [0.1, 0.15) is 11.5 Å². The van der Waals surface area contributed by atoms with Crippen LogP contribution in [-0.2, 0) is 31.0 Å². The monoisotopic (exact) mass is 781 g/mol. The van der Waals surface area contributed by atoms with Gasteiger partial charge in [-0.05, 0) is 78.2 Å². The molecule has 2 aromatic rings. The molecule has 56 heavy (non-hydrogen) atoms. The van der Waals surface area contributed by atoms with Gasteiger partial charge in [-0.15, -0.1) is 0 Å². The highest BCUT2D eigenvalue weighted by atomic mass is 16.2. The lowest BCUT2D eigenvalue weighted by Crippen LogP contribution is -2.53. The minimum Gasteiger partial charge on any atom is -0.370 e. The third-order valence-corrected chi connectivity index (χ3v) is 10.8. The van der Waals surface area contributed by atoms with Gasteiger partial charge in [0.25, 0.3) is 0 Å². The number of para-hydroxylation sites is 1. The fraction of sp³-hybridized carbons (Fsp3) is 0.659. The SMILES string of the molecule is CC(C)(C)c1cccc2c(C[C@H](N)C(=O)N[C@@H](CCCNC(=N)N)C(=O)NCC(CCC([C]=O)(C(=O)[C@@H](N)CCCNC(=N)N)C(C)(C)C)C(C)(C)C)c[nH]c12. The minimum atomic E-state index is -1.50. The van der Waals surface area contributed by atoms with Crippen molar-refractivity contribution in [1.29, 1.82) is 10.8 Å². The number of Topliss-reactive ketones (excluding diaryl/α,β-unsaturated/α-hetero) is 1. The number of rotatable bonds is 21. The Morgan fingerprint density at radius 2 is 1.41 bits per heavy atom. The lowest BCUT2D eigenvalue weighted by atomic mass is 9.59. The quantitative estimate of drug-likeness (QED) is 0.0381. The lowest BCUT2D eigenvalue weighted by Gasteiger charge is -2.42. The Morgan fingerprint density at radius 3 is 1.93 bits per heavy atom. The van der Waals surface area contributed by atoms with E-state index in [-0.39, 0.29) is 60.3 Å². The van der Waals surface area contributed by atoms with Crippen LogP contribution in [0.4, 0.5) is 0 Å². The van der Waals surface area contributed by atoms with Crippen molar-refractivity contribution in [2.45, 2.75) is 131 Å². The van der Waals surface area contributed by atoms with Crippen molar-refractivity contribution in [3.8, 4) is 0 Å². The molecule has 1 aromatic heterocycles. The summed E-state index contributed by atoms with van der Waals surface area (Å²) < 4.78 is 0. The van der Waals surface area contributed by atoms with Gasteiger partial charge < -0.3 is 49.2 Å². The number of amides is 2. The molecule has 2 unspecified atom stereocenters. The molecule has 2 amide bonds. The number of nitrogens with two attached hydrogens (primary N) is 4. The normalized spacial score (nSPS) is 15.5. The van der Waals surface area contributed by atoms with Crippen LogP contribution in [0.5, 0.6) is 0 Å². The summed E-state index contributed by atoms with van der Waals surface area (Å²) in [6.07, 6.45) is 6.31. The second-order valence-electron chi connectivity index (χ2n) is 18.2. The molecule has 1 radical (unpaired) electrons. The summed E-state index contributed by atoms with van der Waals surface area (Å²) in [6.45, 7) is 18.9. The first-order chi connectivity index (χ1) is 25.9. The van der Waals surface area contributed by atoms with Crippen LogP contribution in [0, 0.1) is 33.0 Å². The van der Waals surface area contributed by atoms with Crippen molar-refractivity contribution in [3.63, 3.8) is 0 Å². The molecule has 0 spiro atoms. The van der Waals surface area contributed by atoms with Gasteiger partial charge in [-0.25, -0.2) is 0 Å². The molecule has 313 valence electrons. The van der Waals surface area contributed by atoms with Gasteiger partial charge in [0, 0.05) is 36.7 Å². The van der Waals surface area contributed by atoms with E-state index in [0.717, 1.165) is 22.0 Å². The summed E-state index contributed by atoms with van der Waals surface area (Å²) >= 11 is 0. The first kappa shape index (κ1) is 47.7. The molecule has 15 nitrogen and oxygen atoms in total. The summed E-state index contributed by atoms with van der Waals surface area (Å²) in [5.41, 5.74) is 24.0. The molecule has 1 heterocycles. The zero-order chi connectivity index (χ0) is 42.6. The maximum Gasteiger partial charge on any atom is 0.242 e. The van der Waals surface area contributed by atoms with E-state index < -0.39 is 40.8 Å². The van der Waals surface area contributed by atoms with E-state index in [1.54, 1.807) is 0 Å². The van der Waals surface area contributed by atoms with Gasteiger partial charge in [0.2, 0.25) is 18.1 Å². The van der Waals surface area contributed by atoms with Crippen molar-refractivity contribution in [3.05, 3.63) is 35.5 Å². The third kappa shape index (κ3) is 13.3. The molecule has 2 rings (SSSR count). The van der Waals surface area contributed by atoms with Gasteiger partial charge in [-0.3, -0.25) is 30.0 Å². The molecule has 15 N–H and O–H groups in total. The van der Waals surface area contributed by atoms with Crippen LogP contribution in [-0.4, -0.2) is 78.5 Å². The number of hydrogen-bond donors (Lipinski definition) is 11. The van der Waals surface area contributed by atoms with Gasteiger partial charge >= 0.3 is 0 Å². The molecule has 0 fully saturated rings. The molecule has 0 aliphatic carbocycles. The zero-order valence-electron chi connectivity index (χ0n) is 35.1. The van der Waals surface area contributed by atoms with E-state index in [2.05, 4.69) is 59.4 Å². The Hall–Kier alpha value is -4.50. The number of H-pyrrole nitrogens is 1. The summed E-state index contributed by atoms with van der Waals surface area (Å²) in [5, 5.41) is 27.1. The zero-order valence-corrected chi connectivity index (χ0v) is 35.1. The standard InChI is InChI=1S/C41H70N11O4/c1-38(2,3)26(17-18-41(24-53,40(7,8)9)33(54)29(42)15-11-19-48-36(44)45)23-51-35(56)31(16-12-20-49-37(46)47)52-34(55)30(43)21-25-22-50-32-27(25)13-10-14-28(32)39(4,5)6/h10,13-14,22,26,29-31,50H,11-12,15-21,23,42-43H2,1-9H3,(H,51,56)(H,52,55)(H4,44,45,48)(H4,46,47,49)/t26?,29-,30-,31-,41?/m0/s1. The van der Waals surface area contributed by atoms with Gasteiger partial charge in [0.15, 0.2) is 17.7 Å². The molecule has 0 saturated heterocycles. The maximum absolute atomic E-state index is 13.9. The van der Waals surface area contributed by atoms with E-state index in [1.165, 1.54) is 0 Å². The van der Waals surface area contributed by atoms with Crippen molar-refractivity contribution in [1.82, 2.24) is 26.3 Å². The van der Waals surface area contributed by atoms with Crippen LogP contribution in [0.25, 0.3) is 10.9 Å². The predicted molar refractivity (Wildman–Crippen MR) is 225 cm³/mol. The number of nitrogens with one attached hydrogen (secondary N) is 7. The van der Waals surface area contributed by atoms with E-state index >= 15 is 0 Å². The number of aromatic amines is 1. The summed E-state index contributed by atoms with van der Waals surface area (Å²) in [6, 6.07) is 3.32. The third-order valence-electron chi connectivity index (χ3n) is 10.8. The number of guanidine groups is 2. The largest absolute Gasteiger partial charge is 0.370 e. The fourth-order valence-electron chi connectivity index (χ4n) is 7.11. The number of benzene rings is 1. The molecule has 5 atom stereocenters. The fourth-order valence-corrected chi connectivity index (χ4v) is 7.11. The van der Waals surface area contributed by atoms with E-state index in [4.69, 9.17) is 33.8 Å². The van der Waals surface area contributed by atoms with Crippen LogP contribution >= 0.6 is 0 Å². The average Bonchev–Trinajstić information content (AvgIpc) is 3.49. The summed E-state index contributed by atoms with van der Waals surface area (Å²) in [5.74, 6) is -1.80. The second kappa shape index (κ2) is 20.1. The summed E-state index contributed by atoms with van der Waals surface area (Å²) in [4.78, 5) is 57.5. The Bertz CT molecular complexity index is 1670. The molecular weight excluding hydrogens is 711 g/mol. The second-order valence-corrected chi connectivity index (χ2v) is 18.2. The number of carbonyl (C=O) groups excluding carboxylic acids is 4. The Balaban J connectivity index is 2.24.